The number of aliphatic hydroxyl groups excluding tert-OH is 1. The molecule has 1 atom stereocenters. The summed E-state index contributed by atoms with van der Waals surface area (Å²) in [6.07, 6.45) is -4.94. The van der Waals surface area contributed by atoms with Crippen molar-refractivity contribution >= 4 is 43.0 Å². The highest BCUT2D eigenvalue weighted by molar-refractivity contribution is 7.90. The molecule has 218 valence electrons. The van der Waals surface area contributed by atoms with E-state index in [4.69, 9.17) is 16.3 Å². The van der Waals surface area contributed by atoms with E-state index in [1.807, 2.05) is 0 Å². The molecule has 40 heavy (non-hydrogen) atoms. The molecule has 1 N–H and O–H groups in total. The standard InChI is InChI=1S/C26H27ClF3NO7S2/c1-16-12-20(17-6-3-7-18(13-17)39(2,34)35)21(27)14-19(16)22-23(32)25(38-24(22)33)8-4-10-31(15-25)40(36,37)11-5-9-26(28,29)30/h3,6-7,12-14,32H,4-5,8-11,15H2,1-2H3. The van der Waals surface area contributed by atoms with Crippen LogP contribution in [0.2, 0.25) is 5.02 Å². The third-order valence-corrected chi connectivity index (χ3v) is 10.3. The second-order valence-corrected chi connectivity index (χ2v) is 14.5. The van der Waals surface area contributed by atoms with Gasteiger partial charge in [-0.3, -0.25) is 0 Å². The van der Waals surface area contributed by atoms with E-state index in [1.165, 1.54) is 18.2 Å². The Morgan fingerprint density at radius 2 is 1.82 bits per heavy atom. The van der Waals surface area contributed by atoms with Crippen LogP contribution in [-0.4, -0.2) is 69.1 Å². The molecule has 2 aliphatic heterocycles. The lowest BCUT2D eigenvalue weighted by molar-refractivity contribution is -0.150. The molecular formula is C26H27ClF3NO7S2. The number of alkyl halides is 3. The molecular weight excluding hydrogens is 595 g/mol. The molecule has 2 heterocycles. The number of carbonyl (C=O) groups is 1. The van der Waals surface area contributed by atoms with Gasteiger partial charge in [-0.15, -0.1) is 0 Å². The van der Waals surface area contributed by atoms with Crippen molar-refractivity contribution in [2.45, 2.75) is 49.3 Å². The number of hydrogen-bond acceptors (Lipinski definition) is 7. The molecule has 0 radical (unpaired) electrons. The van der Waals surface area contributed by atoms with Crippen LogP contribution in [0.5, 0.6) is 0 Å². The first-order valence-corrected chi connectivity index (χ1v) is 16.1. The summed E-state index contributed by atoms with van der Waals surface area (Å²) in [4.78, 5) is 13.1. The van der Waals surface area contributed by atoms with Gasteiger partial charge in [0.1, 0.15) is 5.57 Å². The molecule has 1 fully saturated rings. The van der Waals surface area contributed by atoms with Gasteiger partial charge in [0.15, 0.2) is 21.2 Å². The zero-order valence-corrected chi connectivity index (χ0v) is 24.0. The van der Waals surface area contributed by atoms with Crippen LogP contribution in [0.25, 0.3) is 16.7 Å². The summed E-state index contributed by atoms with van der Waals surface area (Å²) >= 11 is 6.54. The number of piperidine rings is 1. The van der Waals surface area contributed by atoms with E-state index >= 15 is 0 Å². The van der Waals surface area contributed by atoms with Gasteiger partial charge in [0.25, 0.3) is 0 Å². The summed E-state index contributed by atoms with van der Waals surface area (Å²) < 4.78 is 93.6. The van der Waals surface area contributed by atoms with Crippen molar-refractivity contribution in [1.82, 2.24) is 4.31 Å². The number of rotatable bonds is 7. The second-order valence-electron chi connectivity index (χ2n) is 10.0. The number of sulfonamides is 1. The highest BCUT2D eigenvalue weighted by Crippen LogP contribution is 2.44. The average Bonchev–Trinajstić information content (AvgIpc) is 3.07. The van der Waals surface area contributed by atoms with Gasteiger partial charge in [0.2, 0.25) is 10.0 Å². The largest absolute Gasteiger partial charge is 0.507 e. The maximum atomic E-state index is 13.0. The Bertz CT molecular complexity index is 1600. The molecule has 0 saturated carbocycles. The number of carbonyl (C=O) groups excluding carboxylic acids is 1. The first-order valence-electron chi connectivity index (χ1n) is 12.3. The van der Waals surface area contributed by atoms with Crippen molar-refractivity contribution in [2.75, 3.05) is 25.1 Å². The molecule has 0 aliphatic carbocycles. The highest BCUT2D eigenvalue weighted by atomic mass is 35.5. The van der Waals surface area contributed by atoms with Crippen LogP contribution in [0, 0.1) is 6.92 Å². The number of sulfone groups is 1. The lowest BCUT2D eigenvalue weighted by atomic mass is 9.88. The number of ether oxygens (including phenoxy) is 1. The molecule has 8 nitrogen and oxygen atoms in total. The molecule has 4 rings (SSSR count). The molecule has 0 amide bonds. The van der Waals surface area contributed by atoms with E-state index in [1.54, 1.807) is 25.1 Å². The van der Waals surface area contributed by atoms with Gasteiger partial charge in [-0.05, 0) is 67.1 Å². The molecule has 2 aromatic carbocycles. The van der Waals surface area contributed by atoms with E-state index in [-0.39, 0.29) is 40.4 Å². The van der Waals surface area contributed by atoms with Gasteiger partial charge in [-0.2, -0.15) is 17.5 Å². The third kappa shape index (κ3) is 6.17. The number of benzene rings is 2. The Kier molecular flexibility index (Phi) is 8.09. The fourth-order valence-electron chi connectivity index (χ4n) is 4.99. The minimum Gasteiger partial charge on any atom is -0.507 e. The van der Waals surface area contributed by atoms with E-state index < -0.39 is 68.5 Å². The van der Waals surface area contributed by atoms with E-state index in [0.29, 0.717) is 16.7 Å². The molecule has 1 saturated heterocycles. The first-order chi connectivity index (χ1) is 18.4. The monoisotopic (exact) mass is 621 g/mol. The van der Waals surface area contributed by atoms with Crippen LogP contribution in [0.15, 0.2) is 47.1 Å². The van der Waals surface area contributed by atoms with Crippen molar-refractivity contribution in [3.05, 3.63) is 58.3 Å². The second kappa shape index (κ2) is 10.7. The molecule has 14 heteroatoms. The summed E-state index contributed by atoms with van der Waals surface area (Å²) in [5.41, 5.74) is -0.103. The Morgan fingerprint density at radius 1 is 1.12 bits per heavy atom. The maximum absolute atomic E-state index is 13.0. The van der Waals surface area contributed by atoms with E-state index in [0.717, 1.165) is 10.6 Å². The van der Waals surface area contributed by atoms with Crippen LogP contribution in [-0.2, 0) is 29.4 Å². The Morgan fingerprint density at radius 3 is 2.48 bits per heavy atom. The summed E-state index contributed by atoms with van der Waals surface area (Å²) in [5.74, 6) is -2.09. The number of nitrogens with zero attached hydrogens (tertiary/aromatic N) is 1. The molecule has 2 aliphatic rings. The van der Waals surface area contributed by atoms with Crippen LogP contribution in [0.3, 0.4) is 0 Å². The van der Waals surface area contributed by atoms with Crippen molar-refractivity contribution in [2.24, 2.45) is 0 Å². The first kappa shape index (κ1) is 30.4. The van der Waals surface area contributed by atoms with Crippen LogP contribution in [0.4, 0.5) is 13.2 Å². The van der Waals surface area contributed by atoms with Crippen LogP contribution < -0.4 is 0 Å². The topological polar surface area (TPSA) is 118 Å². The van der Waals surface area contributed by atoms with Gasteiger partial charge in [-0.1, -0.05) is 23.7 Å². The quantitative estimate of drug-likeness (QED) is 0.430. The highest BCUT2D eigenvalue weighted by Gasteiger charge is 2.53. The summed E-state index contributed by atoms with van der Waals surface area (Å²) in [5, 5.41) is 11.4. The van der Waals surface area contributed by atoms with Crippen LogP contribution in [0.1, 0.15) is 36.8 Å². The number of aliphatic hydroxyl groups is 1. The summed E-state index contributed by atoms with van der Waals surface area (Å²) in [6, 6.07) is 9.25. The van der Waals surface area contributed by atoms with Crippen LogP contribution >= 0.6 is 11.6 Å². The van der Waals surface area contributed by atoms with Crippen molar-refractivity contribution in [3.8, 4) is 11.1 Å². The molecule has 0 aromatic heterocycles. The van der Waals surface area contributed by atoms with Gasteiger partial charge < -0.3 is 9.84 Å². The minimum absolute atomic E-state index is 0.0162. The van der Waals surface area contributed by atoms with Crippen molar-refractivity contribution < 1.29 is 44.6 Å². The summed E-state index contributed by atoms with van der Waals surface area (Å²) in [6.45, 7) is 1.25. The number of aryl methyl sites for hydroxylation is 1. The lowest BCUT2D eigenvalue weighted by Gasteiger charge is -2.38. The molecule has 0 bridgehead atoms. The number of halogens is 4. The van der Waals surface area contributed by atoms with E-state index in [2.05, 4.69) is 0 Å². The normalized spacial score (nSPS) is 20.8. The Balaban J connectivity index is 1.66. The predicted molar refractivity (Wildman–Crippen MR) is 143 cm³/mol. The molecule has 1 spiro atoms. The SMILES string of the molecule is Cc1cc(-c2cccc(S(C)(=O)=O)c2)c(Cl)cc1C1=C(O)C2(CCCN(S(=O)(=O)CCCC(F)(F)F)C2)OC1=O. The summed E-state index contributed by atoms with van der Waals surface area (Å²) in [7, 11) is -7.59. The van der Waals surface area contributed by atoms with Gasteiger partial charge >= 0.3 is 12.1 Å². The van der Waals surface area contributed by atoms with Gasteiger partial charge in [-0.25, -0.2) is 21.6 Å². The number of esters is 1. The van der Waals surface area contributed by atoms with Gasteiger partial charge in [0, 0.05) is 29.8 Å². The lowest BCUT2D eigenvalue weighted by Crippen LogP contribution is -2.52. The molecule has 1 unspecified atom stereocenters. The van der Waals surface area contributed by atoms with Crippen molar-refractivity contribution in [1.29, 1.82) is 0 Å². The van der Waals surface area contributed by atoms with Crippen molar-refractivity contribution in [3.63, 3.8) is 0 Å². The Hall–Kier alpha value is -2.61. The number of hydrogen-bond donors (Lipinski definition) is 1. The third-order valence-electron chi connectivity index (χ3n) is 6.99. The molecule has 2 aromatic rings. The fraction of sp³-hybridized carbons (Fsp3) is 0.423. The predicted octanol–water partition coefficient (Wildman–Crippen LogP) is 5.05. The maximum Gasteiger partial charge on any atom is 0.389 e. The average molecular weight is 622 g/mol. The smallest absolute Gasteiger partial charge is 0.389 e. The zero-order chi connectivity index (χ0) is 29.7. The zero-order valence-electron chi connectivity index (χ0n) is 21.6. The fourth-order valence-corrected chi connectivity index (χ4v) is 7.51. The van der Waals surface area contributed by atoms with E-state index in [9.17, 15) is 39.9 Å². The van der Waals surface area contributed by atoms with Gasteiger partial charge in [0.05, 0.1) is 17.2 Å². The minimum atomic E-state index is -4.49. The Labute approximate surface area is 235 Å².